The number of carbonyl (C=O) groups is 1. The lowest BCUT2D eigenvalue weighted by molar-refractivity contribution is -0.127. The second kappa shape index (κ2) is 5.69. The molecule has 6 heteroatoms. The van der Waals surface area contributed by atoms with Crippen molar-refractivity contribution < 1.29 is 9.32 Å². The van der Waals surface area contributed by atoms with Crippen LogP contribution in [-0.4, -0.2) is 22.6 Å². The van der Waals surface area contributed by atoms with Gasteiger partial charge in [-0.25, -0.2) is 0 Å². The van der Waals surface area contributed by atoms with Gasteiger partial charge in [-0.3, -0.25) is 4.79 Å². The largest absolute Gasteiger partial charge is 0.356 e. The van der Waals surface area contributed by atoms with Crippen molar-refractivity contribution in [3.05, 3.63) is 22.7 Å². The Balaban J connectivity index is 1.39. The lowest BCUT2D eigenvalue weighted by Crippen LogP contribution is -2.38. The van der Waals surface area contributed by atoms with Gasteiger partial charge in [0.25, 0.3) is 0 Å². The highest BCUT2D eigenvalue weighted by atomic mass is 32.1. The molecule has 126 valence electrons. The van der Waals surface area contributed by atoms with Crippen LogP contribution in [0.5, 0.6) is 0 Å². The summed E-state index contributed by atoms with van der Waals surface area (Å²) in [6.45, 7) is 0.837. The lowest BCUT2D eigenvalue weighted by atomic mass is 9.78. The maximum atomic E-state index is 12.8. The number of amides is 1. The Hall–Kier alpha value is -1.69. The molecule has 2 aromatic heterocycles. The number of carbonyl (C=O) groups excluding carboxylic acids is 1. The average molecular weight is 343 g/mol. The van der Waals surface area contributed by atoms with Crippen molar-refractivity contribution in [1.29, 1.82) is 0 Å². The fraction of sp³-hybridized carbons (Fsp3) is 0.611. The maximum absolute atomic E-state index is 12.8. The number of hydrogen-bond donors (Lipinski definition) is 1. The molecule has 5 nitrogen and oxygen atoms in total. The first-order chi connectivity index (χ1) is 11.8. The first-order valence-corrected chi connectivity index (χ1v) is 9.88. The maximum Gasteiger partial charge on any atom is 0.231 e. The Morgan fingerprint density at radius 1 is 1.29 bits per heavy atom. The molecule has 3 aliphatic rings. The van der Waals surface area contributed by atoms with Crippen molar-refractivity contribution in [2.75, 3.05) is 6.54 Å². The van der Waals surface area contributed by atoms with Crippen molar-refractivity contribution in [1.82, 2.24) is 15.5 Å². The molecule has 0 radical (unpaired) electrons. The summed E-state index contributed by atoms with van der Waals surface area (Å²) in [7, 11) is 0. The Kier molecular flexibility index (Phi) is 3.47. The highest BCUT2D eigenvalue weighted by Gasteiger charge is 2.53. The van der Waals surface area contributed by atoms with Crippen LogP contribution < -0.4 is 5.32 Å². The van der Waals surface area contributed by atoms with Gasteiger partial charge in [0, 0.05) is 17.5 Å². The van der Waals surface area contributed by atoms with Crippen molar-refractivity contribution in [2.45, 2.75) is 38.0 Å². The zero-order valence-corrected chi connectivity index (χ0v) is 14.3. The van der Waals surface area contributed by atoms with Crippen LogP contribution in [0.1, 0.15) is 43.9 Å². The molecule has 3 fully saturated rings. The van der Waals surface area contributed by atoms with E-state index in [0.29, 0.717) is 29.5 Å². The van der Waals surface area contributed by atoms with E-state index < -0.39 is 0 Å². The van der Waals surface area contributed by atoms with Crippen LogP contribution in [0.2, 0.25) is 0 Å². The van der Waals surface area contributed by atoms with Crippen LogP contribution in [-0.2, 0) is 4.79 Å². The van der Waals surface area contributed by atoms with E-state index >= 15 is 0 Å². The van der Waals surface area contributed by atoms with Gasteiger partial charge in [0.2, 0.25) is 17.6 Å². The first kappa shape index (κ1) is 14.6. The van der Waals surface area contributed by atoms with Crippen molar-refractivity contribution >= 4 is 17.2 Å². The summed E-state index contributed by atoms with van der Waals surface area (Å²) in [5, 5.41) is 11.4. The molecular weight excluding hydrogens is 322 g/mol. The third kappa shape index (κ3) is 2.48. The molecule has 2 bridgehead atoms. The second-order valence-electron chi connectivity index (χ2n) is 7.54. The summed E-state index contributed by atoms with van der Waals surface area (Å²) in [4.78, 5) is 17.4. The minimum Gasteiger partial charge on any atom is -0.356 e. The van der Waals surface area contributed by atoms with Gasteiger partial charge in [-0.1, -0.05) is 5.16 Å². The third-order valence-corrected chi connectivity index (χ3v) is 6.67. The summed E-state index contributed by atoms with van der Waals surface area (Å²) in [5.74, 6) is 3.33. The van der Waals surface area contributed by atoms with Crippen molar-refractivity contribution in [2.24, 2.45) is 23.7 Å². The van der Waals surface area contributed by atoms with E-state index in [1.807, 2.05) is 16.8 Å². The highest BCUT2D eigenvalue weighted by molar-refractivity contribution is 7.08. The van der Waals surface area contributed by atoms with E-state index in [-0.39, 0.29) is 17.7 Å². The van der Waals surface area contributed by atoms with Gasteiger partial charge in [-0.05, 0) is 61.3 Å². The van der Waals surface area contributed by atoms with Crippen molar-refractivity contribution in [3.63, 3.8) is 0 Å². The smallest absolute Gasteiger partial charge is 0.231 e. The van der Waals surface area contributed by atoms with E-state index in [4.69, 9.17) is 4.52 Å². The van der Waals surface area contributed by atoms with Gasteiger partial charge in [-0.15, -0.1) is 0 Å². The number of hydrogen-bond acceptors (Lipinski definition) is 5. The Morgan fingerprint density at radius 3 is 2.96 bits per heavy atom. The molecule has 4 atom stereocenters. The minimum absolute atomic E-state index is 0.0123. The first-order valence-electron chi connectivity index (χ1n) is 8.93. The summed E-state index contributed by atoms with van der Waals surface area (Å²) < 4.78 is 5.61. The molecule has 1 amide bonds. The van der Waals surface area contributed by atoms with Gasteiger partial charge in [-0.2, -0.15) is 16.3 Å². The molecule has 2 aromatic rings. The van der Waals surface area contributed by atoms with E-state index in [0.717, 1.165) is 24.9 Å². The number of aromatic nitrogens is 2. The SMILES string of the molecule is O=C(NCC1CC1)[C@H]1[C@H]2CC[C@H](C2)[C@@H]1c1nc(-c2ccsc2)no1. The Labute approximate surface area is 144 Å². The zero-order valence-electron chi connectivity index (χ0n) is 13.5. The molecule has 3 aliphatic carbocycles. The van der Waals surface area contributed by atoms with E-state index in [2.05, 4.69) is 15.5 Å². The predicted molar refractivity (Wildman–Crippen MR) is 90.4 cm³/mol. The minimum atomic E-state index is 0.0123. The van der Waals surface area contributed by atoms with Crippen LogP contribution in [0.15, 0.2) is 21.3 Å². The van der Waals surface area contributed by atoms with Gasteiger partial charge in [0.05, 0.1) is 11.8 Å². The summed E-state index contributed by atoms with van der Waals surface area (Å²) >= 11 is 1.62. The number of nitrogens with zero attached hydrogens (tertiary/aromatic N) is 2. The normalized spacial score (nSPS) is 31.5. The molecule has 3 saturated carbocycles. The van der Waals surface area contributed by atoms with Gasteiger partial charge >= 0.3 is 0 Å². The molecule has 24 heavy (non-hydrogen) atoms. The quantitative estimate of drug-likeness (QED) is 0.903. The van der Waals surface area contributed by atoms with E-state index in [1.54, 1.807) is 11.3 Å². The van der Waals surface area contributed by atoms with Crippen molar-refractivity contribution in [3.8, 4) is 11.4 Å². The highest BCUT2D eigenvalue weighted by Crippen LogP contribution is 2.56. The Morgan fingerprint density at radius 2 is 2.17 bits per heavy atom. The monoisotopic (exact) mass is 343 g/mol. The fourth-order valence-electron chi connectivity index (χ4n) is 4.59. The molecule has 0 aliphatic heterocycles. The second-order valence-corrected chi connectivity index (χ2v) is 8.32. The molecule has 5 rings (SSSR count). The lowest BCUT2D eigenvalue weighted by Gasteiger charge is -2.27. The van der Waals surface area contributed by atoms with Crippen LogP contribution in [0, 0.1) is 23.7 Å². The van der Waals surface area contributed by atoms with Crippen LogP contribution in [0.25, 0.3) is 11.4 Å². The van der Waals surface area contributed by atoms with Crippen LogP contribution in [0.3, 0.4) is 0 Å². The topological polar surface area (TPSA) is 68.0 Å². The Bertz CT molecular complexity index is 737. The molecular formula is C18H21N3O2S. The van der Waals surface area contributed by atoms with Gasteiger partial charge in [0.1, 0.15) is 0 Å². The average Bonchev–Trinajstić information content (AvgIpc) is 3.07. The standard InChI is InChI=1S/C18H21N3O2S/c22-17(19-8-10-1-2-10)14-11-3-4-12(7-11)15(14)18-20-16(21-23-18)13-5-6-24-9-13/h5-6,9-12,14-15H,1-4,7-8H2,(H,19,22)/t11-,12+,14-,15-/m0/s1. The third-order valence-electron chi connectivity index (χ3n) is 5.99. The predicted octanol–water partition coefficient (Wildman–Crippen LogP) is 3.45. The molecule has 2 heterocycles. The van der Waals surface area contributed by atoms with Crippen LogP contribution in [0.4, 0.5) is 0 Å². The molecule has 1 N–H and O–H groups in total. The van der Waals surface area contributed by atoms with Crippen LogP contribution >= 0.6 is 11.3 Å². The summed E-state index contributed by atoms with van der Waals surface area (Å²) in [5.41, 5.74) is 0.993. The summed E-state index contributed by atoms with van der Waals surface area (Å²) in [6.07, 6.45) is 5.98. The molecule has 0 spiro atoms. The molecule has 0 aromatic carbocycles. The van der Waals surface area contributed by atoms with Gasteiger partial charge < -0.3 is 9.84 Å². The summed E-state index contributed by atoms with van der Waals surface area (Å²) in [6, 6.07) is 2.00. The van der Waals surface area contributed by atoms with E-state index in [9.17, 15) is 4.79 Å². The molecule has 0 unspecified atom stereocenters. The number of rotatable bonds is 5. The molecule has 0 saturated heterocycles. The zero-order chi connectivity index (χ0) is 16.1. The fourth-order valence-corrected chi connectivity index (χ4v) is 5.22. The number of thiophene rings is 1. The number of fused-ring (bicyclic) bond motifs is 2. The van der Waals surface area contributed by atoms with Gasteiger partial charge in [0.15, 0.2) is 0 Å². The van der Waals surface area contributed by atoms with E-state index in [1.165, 1.54) is 19.3 Å². The number of nitrogens with one attached hydrogen (secondary N) is 1.